The van der Waals surface area contributed by atoms with Gasteiger partial charge in [-0.1, -0.05) is 18.2 Å². The number of carbonyl (C=O) groups excluding carboxylic acids is 1. The van der Waals surface area contributed by atoms with E-state index in [0.29, 0.717) is 25.4 Å². The van der Waals surface area contributed by atoms with E-state index in [-0.39, 0.29) is 18.4 Å². The number of para-hydroxylation sites is 1. The number of ether oxygens (including phenoxy) is 2. The molecule has 6 nitrogen and oxygen atoms in total. The highest BCUT2D eigenvalue weighted by Gasteiger charge is 2.31. The van der Waals surface area contributed by atoms with Crippen LogP contribution in [0.25, 0.3) is 0 Å². The van der Waals surface area contributed by atoms with Gasteiger partial charge in [-0.15, -0.1) is 0 Å². The van der Waals surface area contributed by atoms with Gasteiger partial charge in [-0.25, -0.2) is 0 Å². The van der Waals surface area contributed by atoms with Crippen molar-refractivity contribution < 1.29 is 14.3 Å². The molecule has 128 valence electrons. The van der Waals surface area contributed by atoms with E-state index in [1.165, 1.54) is 0 Å². The van der Waals surface area contributed by atoms with Crippen LogP contribution in [0.3, 0.4) is 0 Å². The van der Waals surface area contributed by atoms with Gasteiger partial charge in [-0.05, 0) is 19.1 Å². The number of rotatable bonds is 6. The van der Waals surface area contributed by atoms with E-state index in [2.05, 4.69) is 12.0 Å². The molecule has 1 aromatic carbocycles. The fourth-order valence-corrected chi connectivity index (χ4v) is 3.00. The maximum atomic E-state index is 12.5. The molecule has 0 aliphatic carbocycles. The van der Waals surface area contributed by atoms with E-state index in [9.17, 15) is 4.79 Å². The van der Waals surface area contributed by atoms with Crippen molar-refractivity contribution in [1.29, 1.82) is 0 Å². The summed E-state index contributed by atoms with van der Waals surface area (Å²) in [5, 5.41) is 4.62. The van der Waals surface area contributed by atoms with Crippen LogP contribution >= 0.6 is 0 Å². The number of benzene rings is 1. The zero-order valence-electron chi connectivity index (χ0n) is 14.1. The molecule has 0 spiro atoms. The molecule has 24 heavy (non-hydrogen) atoms. The summed E-state index contributed by atoms with van der Waals surface area (Å²) in [5.74, 6) is 0.790. The Morgan fingerprint density at radius 3 is 2.83 bits per heavy atom. The number of aromatic nitrogens is 2. The lowest BCUT2D eigenvalue weighted by Gasteiger charge is -2.31. The quantitative estimate of drug-likeness (QED) is 0.814. The fourth-order valence-electron chi connectivity index (χ4n) is 3.00. The standard InChI is InChI=1S/C18H23N3O3/c1-3-21-11-14-9-20(10-15(12-23-2)18(14)19-21)17(22)13-24-16-7-5-4-6-8-16/h4-8,11,15H,3,9-10,12-13H2,1-2H3. The Bertz CT molecular complexity index is 684. The molecule has 0 saturated carbocycles. The lowest BCUT2D eigenvalue weighted by Crippen LogP contribution is -2.41. The number of hydrogen-bond acceptors (Lipinski definition) is 4. The molecule has 2 aromatic rings. The normalized spacial score (nSPS) is 16.8. The highest BCUT2D eigenvalue weighted by molar-refractivity contribution is 5.78. The van der Waals surface area contributed by atoms with Gasteiger partial charge in [0, 0.05) is 44.4 Å². The smallest absolute Gasteiger partial charge is 0.260 e. The number of hydrogen-bond donors (Lipinski definition) is 0. The summed E-state index contributed by atoms with van der Waals surface area (Å²) in [7, 11) is 1.68. The summed E-state index contributed by atoms with van der Waals surface area (Å²) in [6.45, 7) is 4.65. The Balaban J connectivity index is 1.68. The predicted molar refractivity (Wildman–Crippen MR) is 89.9 cm³/mol. The molecule has 6 heteroatoms. The van der Waals surface area contributed by atoms with Gasteiger partial charge in [0.2, 0.25) is 0 Å². The van der Waals surface area contributed by atoms with Crippen LogP contribution in [0.4, 0.5) is 0 Å². The fraction of sp³-hybridized carbons (Fsp3) is 0.444. The van der Waals surface area contributed by atoms with Gasteiger partial charge in [-0.2, -0.15) is 5.10 Å². The molecule has 0 N–H and O–H groups in total. The largest absolute Gasteiger partial charge is 0.484 e. The van der Waals surface area contributed by atoms with Crippen molar-refractivity contribution >= 4 is 5.91 Å². The molecular weight excluding hydrogens is 306 g/mol. The Labute approximate surface area is 142 Å². The summed E-state index contributed by atoms with van der Waals surface area (Å²) in [6, 6.07) is 9.39. The summed E-state index contributed by atoms with van der Waals surface area (Å²) in [6.07, 6.45) is 2.02. The summed E-state index contributed by atoms with van der Waals surface area (Å²) in [4.78, 5) is 14.4. The molecule has 1 amide bonds. The average molecular weight is 329 g/mol. The molecule has 0 radical (unpaired) electrons. The molecule has 3 rings (SSSR count). The van der Waals surface area contributed by atoms with Crippen molar-refractivity contribution in [1.82, 2.24) is 14.7 Å². The minimum absolute atomic E-state index is 0.0187. The molecule has 1 aromatic heterocycles. The monoisotopic (exact) mass is 329 g/mol. The van der Waals surface area contributed by atoms with E-state index < -0.39 is 0 Å². The SMILES string of the molecule is CCn1cc2c(n1)C(COC)CN(C(=O)COc1ccccc1)C2. The molecule has 2 heterocycles. The zero-order valence-corrected chi connectivity index (χ0v) is 14.1. The Morgan fingerprint density at radius 1 is 1.33 bits per heavy atom. The first kappa shape index (κ1) is 16.5. The lowest BCUT2D eigenvalue weighted by atomic mass is 9.97. The first-order valence-electron chi connectivity index (χ1n) is 8.22. The second kappa shape index (κ2) is 7.49. The topological polar surface area (TPSA) is 56.6 Å². The van der Waals surface area contributed by atoms with Crippen LogP contribution in [0.5, 0.6) is 5.75 Å². The van der Waals surface area contributed by atoms with Crippen LogP contribution in [0, 0.1) is 0 Å². The van der Waals surface area contributed by atoms with Gasteiger partial charge in [-0.3, -0.25) is 9.48 Å². The van der Waals surface area contributed by atoms with Gasteiger partial charge >= 0.3 is 0 Å². The second-order valence-electron chi connectivity index (χ2n) is 5.92. The van der Waals surface area contributed by atoms with E-state index in [0.717, 1.165) is 17.8 Å². The first-order valence-corrected chi connectivity index (χ1v) is 8.22. The summed E-state index contributed by atoms with van der Waals surface area (Å²) >= 11 is 0. The third-order valence-electron chi connectivity index (χ3n) is 4.21. The molecule has 1 aliphatic rings. The highest BCUT2D eigenvalue weighted by Crippen LogP contribution is 2.27. The Hall–Kier alpha value is -2.34. The number of fused-ring (bicyclic) bond motifs is 1. The van der Waals surface area contributed by atoms with E-state index >= 15 is 0 Å². The molecule has 1 unspecified atom stereocenters. The third kappa shape index (κ3) is 3.59. The second-order valence-corrected chi connectivity index (χ2v) is 5.92. The summed E-state index contributed by atoms with van der Waals surface area (Å²) < 4.78 is 12.8. The van der Waals surface area contributed by atoms with Gasteiger partial charge < -0.3 is 14.4 Å². The zero-order chi connectivity index (χ0) is 16.9. The number of methoxy groups -OCH3 is 1. The van der Waals surface area contributed by atoms with Gasteiger partial charge in [0.25, 0.3) is 5.91 Å². The first-order chi connectivity index (χ1) is 11.7. The molecule has 0 bridgehead atoms. The van der Waals surface area contributed by atoms with E-state index in [1.54, 1.807) is 7.11 Å². The maximum absolute atomic E-state index is 12.5. The maximum Gasteiger partial charge on any atom is 0.260 e. The van der Waals surface area contributed by atoms with Gasteiger partial charge in [0.15, 0.2) is 6.61 Å². The van der Waals surface area contributed by atoms with Crippen LogP contribution in [-0.2, 0) is 22.6 Å². The number of nitrogens with zero attached hydrogens (tertiary/aromatic N) is 3. The molecule has 0 saturated heterocycles. The third-order valence-corrected chi connectivity index (χ3v) is 4.21. The molecule has 0 fully saturated rings. The van der Waals surface area contributed by atoms with Crippen LogP contribution in [0.1, 0.15) is 24.1 Å². The van der Waals surface area contributed by atoms with Gasteiger partial charge in [0.1, 0.15) is 5.75 Å². The van der Waals surface area contributed by atoms with E-state index in [1.807, 2.05) is 46.1 Å². The van der Waals surface area contributed by atoms with Crippen molar-refractivity contribution in [3.05, 3.63) is 47.8 Å². The van der Waals surface area contributed by atoms with Crippen molar-refractivity contribution in [3.63, 3.8) is 0 Å². The van der Waals surface area contributed by atoms with Crippen molar-refractivity contribution in [3.8, 4) is 5.75 Å². The number of aryl methyl sites for hydroxylation is 1. The van der Waals surface area contributed by atoms with Crippen molar-refractivity contribution in [2.24, 2.45) is 0 Å². The highest BCUT2D eigenvalue weighted by atomic mass is 16.5. The molecular formula is C18H23N3O3. The number of amides is 1. The van der Waals surface area contributed by atoms with Crippen LogP contribution < -0.4 is 4.74 Å². The Kier molecular flexibility index (Phi) is 5.15. The van der Waals surface area contributed by atoms with Crippen LogP contribution in [0.15, 0.2) is 36.5 Å². The van der Waals surface area contributed by atoms with Crippen LogP contribution in [-0.4, -0.2) is 47.5 Å². The van der Waals surface area contributed by atoms with Crippen molar-refractivity contribution in [2.45, 2.75) is 25.9 Å². The number of carbonyl (C=O) groups is 1. The minimum Gasteiger partial charge on any atom is -0.484 e. The summed E-state index contributed by atoms with van der Waals surface area (Å²) in [5.41, 5.74) is 2.14. The van der Waals surface area contributed by atoms with Crippen LogP contribution in [0.2, 0.25) is 0 Å². The minimum atomic E-state index is -0.0187. The molecule has 1 aliphatic heterocycles. The Morgan fingerprint density at radius 2 is 2.12 bits per heavy atom. The molecule has 1 atom stereocenters. The average Bonchev–Trinajstić information content (AvgIpc) is 3.04. The predicted octanol–water partition coefficient (Wildman–Crippen LogP) is 2.05. The van der Waals surface area contributed by atoms with Crippen molar-refractivity contribution in [2.75, 3.05) is 26.9 Å². The van der Waals surface area contributed by atoms with Gasteiger partial charge in [0.05, 0.1) is 12.3 Å². The van der Waals surface area contributed by atoms with E-state index in [4.69, 9.17) is 9.47 Å². The lowest BCUT2D eigenvalue weighted by molar-refractivity contribution is -0.134.